The van der Waals surface area contributed by atoms with Crippen molar-refractivity contribution in [3.05, 3.63) is 11.6 Å². The molecule has 0 aromatic carbocycles. The van der Waals surface area contributed by atoms with Gasteiger partial charge in [-0.05, 0) is 112 Å². The first-order valence-electron chi connectivity index (χ1n) is 15.4. The molecule has 0 aromatic rings. The predicted molar refractivity (Wildman–Crippen MR) is 147 cm³/mol. The van der Waals surface area contributed by atoms with E-state index in [2.05, 4.69) is 54.5 Å². The number of unbranched alkanes of at least 4 members (excludes halogenated alkanes) is 1. The number of carbonyl (C=O) groups excluding carboxylic acids is 1. The lowest BCUT2D eigenvalue weighted by Crippen LogP contribution is -2.48. The maximum atomic E-state index is 13.0. The molecule has 200 valence electrons. The van der Waals surface area contributed by atoms with Crippen molar-refractivity contribution in [2.75, 3.05) is 0 Å². The number of carbonyl (C=O) groups is 1. The minimum Gasteiger partial charge on any atom is -0.462 e. The van der Waals surface area contributed by atoms with Gasteiger partial charge in [0.05, 0.1) is 5.41 Å². The number of ether oxygens (including phenoxy) is 1. The van der Waals surface area contributed by atoms with Gasteiger partial charge in [-0.15, -0.1) is 0 Å². The fourth-order valence-corrected chi connectivity index (χ4v) is 9.23. The lowest BCUT2D eigenvalue weighted by molar-refractivity contribution is -0.162. The smallest absolute Gasteiger partial charge is 0.311 e. The highest BCUT2D eigenvalue weighted by Crippen LogP contribution is 2.62. The van der Waals surface area contributed by atoms with Crippen LogP contribution < -0.4 is 0 Å². The number of esters is 1. The van der Waals surface area contributed by atoms with Gasteiger partial charge < -0.3 is 4.74 Å². The standard InChI is InChI=1S/C33H56O2/c1-22(2)10-8-9-11-24-12-14-28-27(24)16-17-30-29(28)15-13-25-20-26(18-19-33(25,30)7)35-31(34)32(5,6)21-23(3)4/h13,22-24,26-30H,8-12,14-21H2,1-7H3. The first-order chi connectivity index (χ1) is 16.5. The molecule has 0 aliphatic heterocycles. The van der Waals surface area contributed by atoms with Gasteiger partial charge >= 0.3 is 5.97 Å². The first kappa shape index (κ1) is 27.3. The highest BCUT2D eigenvalue weighted by molar-refractivity contribution is 5.76. The predicted octanol–water partition coefficient (Wildman–Crippen LogP) is 9.38. The Labute approximate surface area is 217 Å². The van der Waals surface area contributed by atoms with Crippen molar-refractivity contribution in [1.82, 2.24) is 0 Å². The molecule has 0 aromatic heterocycles. The molecule has 2 heteroatoms. The van der Waals surface area contributed by atoms with E-state index in [9.17, 15) is 4.79 Å². The van der Waals surface area contributed by atoms with Gasteiger partial charge in [0.15, 0.2) is 0 Å². The average molecular weight is 485 g/mol. The van der Waals surface area contributed by atoms with Crippen molar-refractivity contribution in [3.63, 3.8) is 0 Å². The van der Waals surface area contributed by atoms with Crippen LogP contribution in [-0.2, 0) is 9.53 Å². The van der Waals surface area contributed by atoms with Crippen LogP contribution in [-0.4, -0.2) is 12.1 Å². The van der Waals surface area contributed by atoms with E-state index in [-0.39, 0.29) is 17.5 Å². The van der Waals surface area contributed by atoms with Gasteiger partial charge in [-0.3, -0.25) is 4.79 Å². The molecule has 0 radical (unpaired) electrons. The molecule has 4 rings (SSSR count). The van der Waals surface area contributed by atoms with E-state index >= 15 is 0 Å². The number of hydrogen-bond acceptors (Lipinski definition) is 2. The first-order valence-corrected chi connectivity index (χ1v) is 15.4. The van der Waals surface area contributed by atoms with Crippen LogP contribution >= 0.6 is 0 Å². The lowest BCUT2D eigenvalue weighted by atomic mass is 9.50. The third-order valence-corrected chi connectivity index (χ3v) is 10.9. The summed E-state index contributed by atoms with van der Waals surface area (Å²) >= 11 is 0. The number of fused-ring (bicyclic) bond motifs is 5. The normalized spacial score (nSPS) is 37.0. The molecule has 0 heterocycles. The molecule has 0 amide bonds. The molecule has 0 N–H and O–H groups in total. The van der Waals surface area contributed by atoms with E-state index in [1.54, 1.807) is 5.57 Å². The van der Waals surface area contributed by atoms with Crippen LogP contribution in [0.4, 0.5) is 0 Å². The van der Waals surface area contributed by atoms with Crippen LogP contribution in [0.15, 0.2) is 11.6 Å². The quantitative estimate of drug-likeness (QED) is 0.185. The van der Waals surface area contributed by atoms with Gasteiger partial charge in [0.25, 0.3) is 0 Å². The summed E-state index contributed by atoms with van der Waals surface area (Å²) in [6.07, 6.45) is 19.8. The minimum absolute atomic E-state index is 0.0139. The van der Waals surface area contributed by atoms with Gasteiger partial charge in [0.1, 0.15) is 6.10 Å². The van der Waals surface area contributed by atoms with Crippen molar-refractivity contribution in [3.8, 4) is 0 Å². The molecule has 0 spiro atoms. The minimum atomic E-state index is -0.382. The summed E-state index contributed by atoms with van der Waals surface area (Å²) < 4.78 is 6.15. The van der Waals surface area contributed by atoms with Crippen LogP contribution in [0.2, 0.25) is 0 Å². The van der Waals surface area contributed by atoms with Crippen LogP contribution in [0, 0.1) is 52.3 Å². The Morgan fingerprint density at radius 3 is 2.46 bits per heavy atom. The Morgan fingerprint density at radius 2 is 1.74 bits per heavy atom. The van der Waals surface area contributed by atoms with E-state index < -0.39 is 0 Å². The second-order valence-corrected chi connectivity index (χ2v) is 14.8. The molecule has 35 heavy (non-hydrogen) atoms. The van der Waals surface area contributed by atoms with Crippen molar-refractivity contribution >= 4 is 5.97 Å². The largest absolute Gasteiger partial charge is 0.462 e. The Balaban J connectivity index is 1.36. The lowest BCUT2D eigenvalue weighted by Gasteiger charge is -2.55. The Bertz CT molecular complexity index is 761. The molecule has 3 fully saturated rings. The summed E-state index contributed by atoms with van der Waals surface area (Å²) in [5, 5.41) is 0. The maximum Gasteiger partial charge on any atom is 0.311 e. The van der Waals surface area contributed by atoms with E-state index in [1.165, 1.54) is 64.2 Å². The maximum absolute atomic E-state index is 13.0. The summed E-state index contributed by atoms with van der Waals surface area (Å²) in [5.74, 6) is 6.15. The van der Waals surface area contributed by atoms with Crippen molar-refractivity contribution < 1.29 is 9.53 Å². The van der Waals surface area contributed by atoms with Gasteiger partial charge in [-0.25, -0.2) is 0 Å². The fraction of sp³-hybridized carbons (Fsp3) is 0.909. The van der Waals surface area contributed by atoms with Gasteiger partial charge in [0.2, 0.25) is 0 Å². The molecule has 0 saturated heterocycles. The van der Waals surface area contributed by atoms with E-state index in [0.29, 0.717) is 11.3 Å². The monoisotopic (exact) mass is 484 g/mol. The van der Waals surface area contributed by atoms with Crippen LogP contribution in [0.3, 0.4) is 0 Å². The summed E-state index contributed by atoms with van der Waals surface area (Å²) in [7, 11) is 0. The van der Waals surface area contributed by atoms with Gasteiger partial charge in [-0.1, -0.05) is 72.0 Å². The molecule has 7 unspecified atom stereocenters. The molecule has 7 atom stereocenters. The van der Waals surface area contributed by atoms with Crippen LogP contribution in [0.25, 0.3) is 0 Å². The SMILES string of the molecule is CC(C)CCCCC1CCC2C1CCC1C2CC=C2CC(OC(=O)C(C)(C)CC(C)C)CCC21C. The second-order valence-electron chi connectivity index (χ2n) is 14.8. The molecule has 3 saturated carbocycles. The average Bonchev–Trinajstić information content (AvgIpc) is 3.19. The summed E-state index contributed by atoms with van der Waals surface area (Å²) in [5.41, 5.74) is 1.60. The van der Waals surface area contributed by atoms with Gasteiger partial charge in [0, 0.05) is 6.42 Å². The van der Waals surface area contributed by atoms with Gasteiger partial charge in [-0.2, -0.15) is 0 Å². The fourth-order valence-electron chi connectivity index (χ4n) is 9.23. The Morgan fingerprint density at radius 1 is 1.00 bits per heavy atom. The van der Waals surface area contributed by atoms with Crippen LogP contribution in [0.1, 0.15) is 132 Å². The number of allylic oxidation sites excluding steroid dienone is 1. The summed E-state index contributed by atoms with van der Waals surface area (Å²) in [4.78, 5) is 13.0. The van der Waals surface area contributed by atoms with Crippen molar-refractivity contribution in [2.45, 2.75) is 138 Å². The summed E-state index contributed by atoms with van der Waals surface area (Å²) in [6, 6.07) is 0. The topological polar surface area (TPSA) is 26.3 Å². The third-order valence-electron chi connectivity index (χ3n) is 10.9. The second kappa shape index (κ2) is 10.9. The molecular formula is C33H56O2. The number of rotatable bonds is 9. The Kier molecular flexibility index (Phi) is 8.49. The van der Waals surface area contributed by atoms with Crippen molar-refractivity contribution in [2.24, 2.45) is 52.3 Å². The highest BCUT2D eigenvalue weighted by Gasteiger charge is 2.54. The van der Waals surface area contributed by atoms with Crippen LogP contribution in [0.5, 0.6) is 0 Å². The zero-order chi connectivity index (χ0) is 25.4. The van der Waals surface area contributed by atoms with E-state index in [4.69, 9.17) is 4.74 Å². The van der Waals surface area contributed by atoms with E-state index in [0.717, 1.165) is 54.8 Å². The number of hydrogen-bond donors (Lipinski definition) is 0. The highest BCUT2D eigenvalue weighted by atomic mass is 16.5. The molecular weight excluding hydrogens is 428 g/mol. The van der Waals surface area contributed by atoms with Crippen molar-refractivity contribution in [1.29, 1.82) is 0 Å². The van der Waals surface area contributed by atoms with E-state index in [1.807, 2.05) is 0 Å². The summed E-state index contributed by atoms with van der Waals surface area (Å²) in [6.45, 7) is 15.8. The zero-order valence-corrected chi connectivity index (χ0v) is 24.2. The molecule has 4 aliphatic carbocycles. The molecule has 4 aliphatic rings. The molecule has 2 nitrogen and oxygen atoms in total. The Hall–Kier alpha value is -0.790. The third kappa shape index (κ3) is 5.87. The zero-order valence-electron chi connectivity index (χ0n) is 24.2. The molecule has 0 bridgehead atoms.